The number of rotatable bonds is 4. The lowest BCUT2D eigenvalue weighted by molar-refractivity contribution is -0.139. The van der Waals surface area contributed by atoms with Gasteiger partial charge in [0.15, 0.2) is 0 Å². The third-order valence-corrected chi connectivity index (χ3v) is 6.12. The van der Waals surface area contributed by atoms with Crippen molar-refractivity contribution < 1.29 is 26.7 Å². The molecule has 0 saturated heterocycles. The Morgan fingerprint density at radius 1 is 1.11 bits per heavy atom. The Bertz CT molecular complexity index is 941. The first-order valence-corrected chi connectivity index (χ1v) is 10.0. The summed E-state index contributed by atoms with van der Waals surface area (Å²) in [6, 6.07) is 2.25. The van der Waals surface area contributed by atoms with E-state index < -0.39 is 38.8 Å². The molecule has 1 aromatic carbocycles. The van der Waals surface area contributed by atoms with E-state index in [4.69, 9.17) is 5.73 Å². The minimum atomic E-state index is -4.85. The minimum Gasteiger partial charge on any atom is -0.393 e. The summed E-state index contributed by atoms with van der Waals surface area (Å²) in [7, 11) is -4.45. The fourth-order valence-corrected chi connectivity index (χ4v) is 4.66. The predicted molar refractivity (Wildman–Crippen MR) is 95.5 cm³/mol. The van der Waals surface area contributed by atoms with Crippen LogP contribution >= 0.6 is 0 Å². The number of nitrogens with zero attached hydrogens (tertiary/aromatic N) is 2. The Balaban J connectivity index is 2.00. The van der Waals surface area contributed by atoms with Crippen LogP contribution in [0.3, 0.4) is 0 Å². The summed E-state index contributed by atoms with van der Waals surface area (Å²) < 4.78 is 68.1. The number of nitrogens with one attached hydrogen (secondary N) is 1. The predicted octanol–water partition coefficient (Wildman–Crippen LogP) is 2.33. The summed E-state index contributed by atoms with van der Waals surface area (Å²) in [5.74, 6) is 0.129. The Labute approximate surface area is 159 Å². The van der Waals surface area contributed by atoms with Gasteiger partial charge in [0.05, 0.1) is 34.7 Å². The zero-order valence-corrected chi connectivity index (χ0v) is 15.5. The third kappa shape index (κ3) is 4.59. The molecule has 4 N–H and O–H groups in total. The highest BCUT2D eigenvalue weighted by atomic mass is 32.2. The zero-order chi connectivity index (χ0) is 20.5. The van der Waals surface area contributed by atoms with Crippen LogP contribution in [-0.2, 0) is 16.2 Å². The quantitative estimate of drug-likeness (QED) is 0.704. The van der Waals surface area contributed by atoms with Crippen LogP contribution in [0.2, 0.25) is 0 Å². The van der Waals surface area contributed by atoms with Gasteiger partial charge in [-0.2, -0.15) is 13.2 Å². The SMILES string of the molecule is Nc1cnc(-c2ccc(C(F)(F)F)c(S(=O)(=O)N[C@H]3CC[C@@H](O)CC3)c2)cn1. The number of hydrogen-bond acceptors (Lipinski definition) is 6. The largest absolute Gasteiger partial charge is 0.417 e. The van der Waals surface area contributed by atoms with Gasteiger partial charge in [0.25, 0.3) is 0 Å². The smallest absolute Gasteiger partial charge is 0.393 e. The fourth-order valence-electron chi connectivity index (χ4n) is 3.10. The molecule has 11 heteroatoms. The summed E-state index contributed by atoms with van der Waals surface area (Å²) in [6.45, 7) is 0. The van der Waals surface area contributed by atoms with Crippen LogP contribution < -0.4 is 10.5 Å². The highest BCUT2D eigenvalue weighted by Gasteiger charge is 2.38. The average molecular weight is 416 g/mol. The molecule has 3 rings (SSSR count). The second-order valence-electron chi connectivity index (χ2n) is 6.66. The Morgan fingerprint density at radius 2 is 1.79 bits per heavy atom. The molecule has 1 aliphatic carbocycles. The van der Waals surface area contributed by atoms with E-state index in [-0.39, 0.29) is 17.1 Å². The third-order valence-electron chi connectivity index (χ3n) is 4.56. The molecule has 1 fully saturated rings. The number of alkyl halides is 3. The Morgan fingerprint density at radius 3 is 2.36 bits per heavy atom. The lowest BCUT2D eigenvalue weighted by Crippen LogP contribution is -2.39. The molecule has 0 radical (unpaired) electrons. The van der Waals surface area contributed by atoms with Crippen LogP contribution in [0.15, 0.2) is 35.5 Å². The van der Waals surface area contributed by atoms with Crippen LogP contribution in [-0.4, -0.2) is 35.6 Å². The van der Waals surface area contributed by atoms with Gasteiger partial charge < -0.3 is 10.8 Å². The van der Waals surface area contributed by atoms with Gasteiger partial charge in [-0.05, 0) is 37.8 Å². The van der Waals surface area contributed by atoms with Gasteiger partial charge in [-0.3, -0.25) is 4.98 Å². The van der Waals surface area contributed by atoms with Gasteiger partial charge in [-0.25, -0.2) is 18.1 Å². The summed E-state index contributed by atoms with van der Waals surface area (Å²) in [6.07, 6.45) is -1.40. The molecule has 1 heterocycles. The molecule has 28 heavy (non-hydrogen) atoms. The fraction of sp³-hybridized carbons (Fsp3) is 0.412. The molecule has 0 amide bonds. The van der Waals surface area contributed by atoms with Crippen molar-refractivity contribution in [1.82, 2.24) is 14.7 Å². The molecular formula is C17H19F3N4O3S. The Hall–Kier alpha value is -2.24. The number of aliphatic hydroxyl groups excluding tert-OH is 1. The van der Waals surface area contributed by atoms with Crippen LogP contribution in [0.25, 0.3) is 11.3 Å². The number of halogens is 3. The molecule has 7 nitrogen and oxygen atoms in total. The standard InChI is InChI=1S/C17H19F3N4O3S/c18-17(19,20)13-6-1-10(14-8-23-16(21)9-22-14)7-15(13)28(26,27)24-11-2-4-12(25)5-3-11/h1,6-9,11-12,24-25H,2-5H2,(H2,21,23)/t11-,12+. The highest BCUT2D eigenvalue weighted by molar-refractivity contribution is 7.89. The van der Waals surface area contributed by atoms with E-state index in [0.717, 1.165) is 12.1 Å². The maximum atomic E-state index is 13.4. The molecule has 1 saturated carbocycles. The van der Waals surface area contributed by atoms with Crippen molar-refractivity contribution in [3.63, 3.8) is 0 Å². The second kappa shape index (κ2) is 7.64. The van der Waals surface area contributed by atoms with Gasteiger partial charge in [-0.1, -0.05) is 6.07 Å². The lowest BCUT2D eigenvalue weighted by atomic mass is 9.94. The molecule has 0 atom stereocenters. The zero-order valence-electron chi connectivity index (χ0n) is 14.6. The van der Waals surface area contributed by atoms with Crippen LogP contribution in [0.4, 0.5) is 19.0 Å². The van der Waals surface area contributed by atoms with Crippen molar-refractivity contribution in [2.75, 3.05) is 5.73 Å². The number of aliphatic hydroxyl groups is 1. The van der Waals surface area contributed by atoms with Gasteiger partial charge in [-0.15, -0.1) is 0 Å². The molecule has 0 unspecified atom stereocenters. The van der Waals surface area contributed by atoms with E-state index in [2.05, 4.69) is 14.7 Å². The number of aromatic nitrogens is 2. The van der Waals surface area contributed by atoms with Crippen molar-refractivity contribution in [1.29, 1.82) is 0 Å². The molecular weight excluding hydrogens is 397 g/mol. The molecule has 0 spiro atoms. The van der Waals surface area contributed by atoms with Gasteiger partial charge in [0.2, 0.25) is 10.0 Å². The number of anilines is 1. The summed E-state index contributed by atoms with van der Waals surface area (Å²) in [4.78, 5) is 6.93. The molecule has 2 aromatic rings. The van der Waals surface area contributed by atoms with E-state index in [1.807, 2.05) is 0 Å². The molecule has 152 valence electrons. The lowest BCUT2D eigenvalue weighted by Gasteiger charge is -2.26. The monoisotopic (exact) mass is 416 g/mol. The highest BCUT2D eigenvalue weighted by Crippen LogP contribution is 2.36. The topological polar surface area (TPSA) is 118 Å². The second-order valence-corrected chi connectivity index (χ2v) is 8.34. The Kier molecular flexibility index (Phi) is 5.60. The van der Waals surface area contributed by atoms with E-state index >= 15 is 0 Å². The van der Waals surface area contributed by atoms with Crippen LogP contribution in [0, 0.1) is 0 Å². The molecule has 1 aromatic heterocycles. The average Bonchev–Trinajstić information content (AvgIpc) is 2.63. The van der Waals surface area contributed by atoms with Crippen molar-refractivity contribution in [3.8, 4) is 11.3 Å². The maximum Gasteiger partial charge on any atom is 0.417 e. The van der Waals surface area contributed by atoms with Crippen molar-refractivity contribution >= 4 is 15.8 Å². The summed E-state index contributed by atoms with van der Waals surface area (Å²) in [5, 5.41) is 9.53. The first-order valence-electron chi connectivity index (χ1n) is 8.56. The maximum absolute atomic E-state index is 13.4. The first-order chi connectivity index (χ1) is 13.1. The first kappa shape index (κ1) is 20.5. The van der Waals surface area contributed by atoms with Crippen LogP contribution in [0.1, 0.15) is 31.2 Å². The number of sulfonamides is 1. The van der Waals surface area contributed by atoms with Crippen LogP contribution in [0.5, 0.6) is 0 Å². The molecule has 0 aliphatic heterocycles. The summed E-state index contributed by atoms with van der Waals surface area (Å²) >= 11 is 0. The van der Waals surface area contributed by atoms with E-state index in [1.54, 1.807) is 0 Å². The van der Waals surface area contributed by atoms with Crippen molar-refractivity contribution in [2.45, 2.75) is 48.9 Å². The number of nitrogen functional groups attached to an aromatic ring is 1. The molecule has 1 aliphatic rings. The molecule has 0 bridgehead atoms. The minimum absolute atomic E-state index is 0.129. The normalized spacial score (nSPS) is 20.9. The number of hydrogen-bond donors (Lipinski definition) is 3. The van der Waals surface area contributed by atoms with E-state index in [9.17, 15) is 26.7 Å². The van der Waals surface area contributed by atoms with Gasteiger partial charge in [0.1, 0.15) is 5.82 Å². The number of nitrogens with two attached hydrogens (primary N) is 1. The van der Waals surface area contributed by atoms with Gasteiger partial charge >= 0.3 is 6.18 Å². The van der Waals surface area contributed by atoms with Gasteiger partial charge in [0, 0.05) is 11.6 Å². The summed E-state index contributed by atoms with van der Waals surface area (Å²) in [5.41, 5.74) is 4.55. The van der Waals surface area contributed by atoms with Crippen molar-refractivity contribution in [3.05, 3.63) is 36.2 Å². The van der Waals surface area contributed by atoms with E-state index in [1.165, 1.54) is 12.4 Å². The van der Waals surface area contributed by atoms with E-state index in [0.29, 0.717) is 31.7 Å². The number of benzene rings is 1. The van der Waals surface area contributed by atoms with Crippen molar-refractivity contribution in [2.24, 2.45) is 0 Å².